The van der Waals surface area contributed by atoms with Crippen LogP contribution in [-0.2, 0) is 11.3 Å². The van der Waals surface area contributed by atoms with Crippen LogP contribution in [0.4, 0.5) is 5.82 Å². The van der Waals surface area contributed by atoms with E-state index in [1.54, 1.807) is 12.4 Å². The van der Waals surface area contributed by atoms with Gasteiger partial charge in [0.1, 0.15) is 5.82 Å². The second kappa shape index (κ2) is 10.3. The average Bonchev–Trinajstić information content (AvgIpc) is 3.34. The lowest BCUT2D eigenvalue weighted by atomic mass is 9.78. The number of hydrogen-bond acceptors (Lipinski definition) is 6. The summed E-state index contributed by atoms with van der Waals surface area (Å²) in [4.78, 5) is 34.4. The van der Waals surface area contributed by atoms with E-state index in [1.807, 2.05) is 23.1 Å². The summed E-state index contributed by atoms with van der Waals surface area (Å²) in [5, 5.41) is 14.7. The predicted molar refractivity (Wildman–Crippen MR) is 140 cm³/mol. The van der Waals surface area contributed by atoms with Gasteiger partial charge in [0.25, 0.3) is 5.56 Å². The number of aromatic nitrogens is 2. The third-order valence-electron chi connectivity index (χ3n) is 8.71. The van der Waals surface area contributed by atoms with Crippen molar-refractivity contribution in [1.82, 2.24) is 19.8 Å². The van der Waals surface area contributed by atoms with E-state index in [0.29, 0.717) is 37.8 Å². The van der Waals surface area contributed by atoms with Crippen molar-refractivity contribution in [2.75, 3.05) is 44.2 Å². The predicted octanol–water partition coefficient (Wildman–Crippen LogP) is 2.37. The smallest absolute Gasteiger partial charge is 0.255 e. The van der Waals surface area contributed by atoms with Gasteiger partial charge in [0.05, 0.1) is 18.5 Å². The molecule has 3 aliphatic rings. The highest BCUT2D eigenvalue weighted by atomic mass is 16.3. The van der Waals surface area contributed by atoms with Crippen LogP contribution in [0.3, 0.4) is 0 Å². The quantitative estimate of drug-likeness (QED) is 0.642. The van der Waals surface area contributed by atoms with Gasteiger partial charge >= 0.3 is 0 Å². The highest BCUT2D eigenvalue weighted by Gasteiger charge is 2.38. The number of rotatable bonds is 6. The fourth-order valence-corrected chi connectivity index (χ4v) is 6.08. The van der Waals surface area contributed by atoms with Gasteiger partial charge < -0.3 is 20.2 Å². The number of amides is 1. The second-order valence-electron chi connectivity index (χ2n) is 11.2. The molecule has 0 saturated carbocycles. The van der Waals surface area contributed by atoms with Crippen LogP contribution >= 0.6 is 0 Å². The Hall–Kier alpha value is -2.71. The summed E-state index contributed by atoms with van der Waals surface area (Å²) in [5.74, 6) is 1.01. The number of carbonyl (C=O) groups excluding carboxylic acids is 1. The van der Waals surface area contributed by atoms with Crippen LogP contribution in [0.1, 0.15) is 56.9 Å². The fourth-order valence-electron chi connectivity index (χ4n) is 6.08. The number of nitrogens with zero attached hydrogens (tertiary/aromatic N) is 4. The molecule has 0 unspecified atom stereocenters. The topological polar surface area (TPSA) is 90.7 Å². The van der Waals surface area contributed by atoms with Crippen LogP contribution in [-0.4, -0.2) is 70.3 Å². The second-order valence-corrected chi connectivity index (χ2v) is 11.2. The number of piperidine rings is 2. The summed E-state index contributed by atoms with van der Waals surface area (Å²) in [6.45, 7) is 7.34. The first kappa shape index (κ1) is 25.0. The number of benzene rings is 1. The fraction of sp³-hybridized carbons (Fsp3) is 0.607. The van der Waals surface area contributed by atoms with Gasteiger partial charge in [0.2, 0.25) is 5.91 Å². The molecular weight excluding hydrogens is 454 g/mol. The van der Waals surface area contributed by atoms with Crippen molar-refractivity contribution >= 4 is 11.7 Å². The molecule has 0 radical (unpaired) electrons. The third kappa shape index (κ3) is 5.49. The number of anilines is 1. The summed E-state index contributed by atoms with van der Waals surface area (Å²) >= 11 is 0. The van der Waals surface area contributed by atoms with Gasteiger partial charge in [-0.1, -0.05) is 37.3 Å². The van der Waals surface area contributed by atoms with Crippen molar-refractivity contribution in [2.24, 2.45) is 5.41 Å². The highest BCUT2D eigenvalue weighted by Crippen LogP contribution is 2.37. The SMILES string of the molecule is C[C@H](CC(=O)N1CCC(O)(Cn2cnc(N3CCC4(CCNC4)CC3)cc2=O)CC1)c1ccccc1. The summed E-state index contributed by atoms with van der Waals surface area (Å²) in [6.07, 6.45) is 6.44. The molecule has 2 aromatic rings. The van der Waals surface area contributed by atoms with Crippen LogP contribution < -0.4 is 15.8 Å². The number of aliphatic hydroxyl groups is 1. The molecule has 1 aromatic carbocycles. The van der Waals surface area contributed by atoms with E-state index in [0.717, 1.165) is 50.4 Å². The number of nitrogens with one attached hydrogen (secondary N) is 1. The summed E-state index contributed by atoms with van der Waals surface area (Å²) in [6, 6.07) is 11.7. The maximum atomic E-state index is 12.9. The van der Waals surface area contributed by atoms with Crippen molar-refractivity contribution in [1.29, 1.82) is 0 Å². The lowest BCUT2D eigenvalue weighted by Gasteiger charge is -2.40. The van der Waals surface area contributed by atoms with Crippen molar-refractivity contribution < 1.29 is 9.90 Å². The molecule has 8 nitrogen and oxygen atoms in total. The first-order valence-electron chi connectivity index (χ1n) is 13.4. The third-order valence-corrected chi connectivity index (χ3v) is 8.71. The van der Waals surface area contributed by atoms with E-state index in [2.05, 4.69) is 34.3 Å². The Morgan fingerprint density at radius 3 is 2.44 bits per heavy atom. The Labute approximate surface area is 213 Å². The minimum absolute atomic E-state index is 0.119. The van der Waals surface area contributed by atoms with Crippen LogP contribution in [0.15, 0.2) is 47.5 Å². The van der Waals surface area contributed by atoms with Crippen molar-refractivity contribution in [2.45, 2.75) is 63.5 Å². The van der Waals surface area contributed by atoms with Crippen LogP contribution in [0, 0.1) is 5.41 Å². The largest absolute Gasteiger partial charge is 0.388 e. The Morgan fingerprint density at radius 2 is 1.81 bits per heavy atom. The summed E-state index contributed by atoms with van der Waals surface area (Å²) < 4.78 is 1.52. The molecule has 1 amide bonds. The van der Waals surface area contributed by atoms with E-state index in [1.165, 1.54) is 11.0 Å². The zero-order chi connectivity index (χ0) is 25.2. The van der Waals surface area contributed by atoms with E-state index < -0.39 is 5.60 Å². The number of carbonyl (C=O) groups is 1. The molecule has 8 heteroatoms. The lowest BCUT2D eigenvalue weighted by Crippen LogP contribution is -2.50. The maximum absolute atomic E-state index is 12.9. The molecule has 194 valence electrons. The van der Waals surface area contributed by atoms with Gasteiger partial charge in [0, 0.05) is 45.2 Å². The molecular formula is C28H39N5O3. The monoisotopic (exact) mass is 493 g/mol. The highest BCUT2D eigenvalue weighted by molar-refractivity contribution is 5.77. The molecule has 36 heavy (non-hydrogen) atoms. The molecule has 3 fully saturated rings. The van der Waals surface area contributed by atoms with Crippen LogP contribution in [0.25, 0.3) is 0 Å². The first-order chi connectivity index (χ1) is 17.3. The summed E-state index contributed by atoms with van der Waals surface area (Å²) in [7, 11) is 0. The molecule has 1 spiro atoms. The molecule has 1 aromatic heterocycles. The Kier molecular flexibility index (Phi) is 7.17. The van der Waals surface area contributed by atoms with Crippen molar-refractivity contribution in [3.8, 4) is 0 Å². The molecule has 4 heterocycles. The standard InChI is InChI=1S/C28H39N5O3/c1-22(23-5-3-2-4-6-23)17-25(34)32-15-10-28(36,11-16-32)20-33-21-30-24(18-26(33)35)31-13-8-27(9-14-31)7-12-29-19-27/h2-6,18,21-22,29,36H,7-17,19-20H2,1H3/t22-/m1/s1. The Balaban J connectivity index is 1.14. The van der Waals surface area contributed by atoms with Gasteiger partial charge in [-0.25, -0.2) is 4.98 Å². The lowest BCUT2D eigenvalue weighted by molar-refractivity contribution is -0.136. The molecule has 0 bridgehead atoms. The number of hydrogen-bond donors (Lipinski definition) is 2. The first-order valence-corrected chi connectivity index (χ1v) is 13.4. The van der Waals surface area contributed by atoms with Gasteiger partial charge in [0.15, 0.2) is 0 Å². The van der Waals surface area contributed by atoms with E-state index in [-0.39, 0.29) is 23.9 Å². The van der Waals surface area contributed by atoms with E-state index in [4.69, 9.17) is 0 Å². The summed E-state index contributed by atoms with van der Waals surface area (Å²) in [5.41, 5.74) is 0.438. The van der Waals surface area contributed by atoms with Crippen molar-refractivity contribution in [3.63, 3.8) is 0 Å². The normalized spacial score (nSPS) is 22.1. The minimum atomic E-state index is -1.01. The van der Waals surface area contributed by atoms with Gasteiger partial charge in [-0.05, 0) is 55.5 Å². The molecule has 3 aliphatic heterocycles. The van der Waals surface area contributed by atoms with Crippen LogP contribution in [0.2, 0.25) is 0 Å². The van der Waals surface area contributed by atoms with E-state index in [9.17, 15) is 14.7 Å². The minimum Gasteiger partial charge on any atom is -0.388 e. The molecule has 1 atom stereocenters. The van der Waals surface area contributed by atoms with Crippen molar-refractivity contribution in [3.05, 3.63) is 58.6 Å². The zero-order valence-electron chi connectivity index (χ0n) is 21.4. The van der Waals surface area contributed by atoms with Gasteiger partial charge in [-0.2, -0.15) is 0 Å². The van der Waals surface area contributed by atoms with Crippen LogP contribution in [0.5, 0.6) is 0 Å². The Morgan fingerprint density at radius 1 is 1.08 bits per heavy atom. The zero-order valence-corrected chi connectivity index (χ0v) is 21.4. The molecule has 3 saturated heterocycles. The molecule has 0 aliphatic carbocycles. The maximum Gasteiger partial charge on any atom is 0.255 e. The average molecular weight is 494 g/mol. The van der Waals surface area contributed by atoms with E-state index >= 15 is 0 Å². The molecule has 5 rings (SSSR count). The van der Waals surface area contributed by atoms with Gasteiger partial charge in [-0.15, -0.1) is 0 Å². The van der Waals surface area contributed by atoms with Gasteiger partial charge in [-0.3, -0.25) is 14.2 Å². The molecule has 2 N–H and O–H groups in total. The number of likely N-dealkylation sites (tertiary alicyclic amines) is 1. The Bertz CT molecular complexity index is 1090.